The first-order chi connectivity index (χ1) is 10.1. The van der Waals surface area contributed by atoms with E-state index in [4.69, 9.17) is 24.3 Å². The first kappa shape index (κ1) is 15.1. The molecule has 110 valence electrons. The summed E-state index contributed by atoms with van der Waals surface area (Å²) in [6.07, 6.45) is 2.88. The number of aromatic nitrogens is 1. The summed E-state index contributed by atoms with van der Waals surface area (Å²) in [6, 6.07) is 7.00. The van der Waals surface area contributed by atoms with Gasteiger partial charge in [-0.05, 0) is 23.8 Å². The minimum Gasteiger partial charge on any atom is -0.493 e. The van der Waals surface area contributed by atoms with E-state index in [-0.39, 0.29) is 5.46 Å². The summed E-state index contributed by atoms with van der Waals surface area (Å²) in [4.78, 5) is 3.89. The average Bonchev–Trinajstić information content (AvgIpc) is 2.52. The summed E-state index contributed by atoms with van der Waals surface area (Å²) in [6.45, 7) is 0.299. The Bertz CT molecular complexity index is 606. The molecule has 0 aliphatic heterocycles. The summed E-state index contributed by atoms with van der Waals surface area (Å²) in [5, 5.41) is 18.2. The molecule has 0 amide bonds. The number of ether oxygens (including phenoxy) is 3. The summed E-state index contributed by atoms with van der Waals surface area (Å²) < 4.78 is 16.0. The van der Waals surface area contributed by atoms with E-state index in [1.54, 1.807) is 20.3 Å². The Labute approximate surface area is 123 Å². The van der Waals surface area contributed by atoms with Crippen molar-refractivity contribution in [3.63, 3.8) is 0 Å². The maximum absolute atomic E-state index is 9.09. The van der Waals surface area contributed by atoms with Crippen LogP contribution in [-0.4, -0.2) is 36.4 Å². The SMILES string of the molecule is COc1ccc(COc2cncc(B(O)O)c2)cc1OC. The molecule has 1 aromatic carbocycles. The van der Waals surface area contributed by atoms with E-state index in [1.165, 1.54) is 18.5 Å². The Balaban J connectivity index is 2.07. The zero-order valence-corrected chi connectivity index (χ0v) is 11.8. The van der Waals surface area contributed by atoms with E-state index in [2.05, 4.69) is 4.98 Å². The average molecular weight is 289 g/mol. The van der Waals surface area contributed by atoms with Gasteiger partial charge in [-0.2, -0.15) is 0 Å². The summed E-state index contributed by atoms with van der Waals surface area (Å²) in [5.74, 6) is 1.72. The van der Waals surface area contributed by atoms with Gasteiger partial charge in [0.2, 0.25) is 0 Å². The monoisotopic (exact) mass is 289 g/mol. The van der Waals surface area contributed by atoms with Crippen LogP contribution in [0.3, 0.4) is 0 Å². The second-order valence-electron chi connectivity index (χ2n) is 4.31. The van der Waals surface area contributed by atoms with Gasteiger partial charge in [-0.3, -0.25) is 4.98 Å². The highest BCUT2D eigenvalue weighted by Crippen LogP contribution is 2.27. The highest BCUT2D eigenvalue weighted by atomic mass is 16.5. The van der Waals surface area contributed by atoms with Crippen LogP contribution in [0.5, 0.6) is 17.2 Å². The maximum Gasteiger partial charge on any atom is 0.490 e. The fraction of sp³-hybridized carbons (Fsp3) is 0.214. The lowest BCUT2D eigenvalue weighted by Gasteiger charge is -2.11. The number of rotatable bonds is 6. The molecule has 2 N–H and O–H groups in total. The fourth-order valence-corrected chi connectivity index (χ4v) is 1.79. The van der Waals surface area contributed by atoms with Crippen molar-refractivity contribution in [1.82, 2.24) is 4.98 Å². The molecule has 0 aliphatic carbocycles. The molecule has 0 bridgehead atoms. The lowest BCUT2D eigenvalue weighted by atomic mass is 9.82. The van der Waals surface area contributed by atoms with Crippen molar-refractivity contribution in [2.24, 2.45) is 0 Å². The number of hydrogen-bond acceptors (Lipinski definition) is 6. The van der Waals surface area contributed by atoms with Crippen molar-refractivity contribution in [1.29, 1.82) is 0 Å². The van der Waals surface area contributed by atoms with E-state index in [0.717, 1.165) is 5.56 Å². The standard InChI is InChI=1S/C14H16BNO5/c1-19-13-4-3-10(5-14(13)20-2)9-21-12-6-11(15(17)18)7-16-8-12/h3-8,17-18H,9H2,1-2H3. The van der Waals surface area contributed by atoms with Crippen molar-refractivity contribution in [2.75, 3.05) is 14.2 Å². The zero-order chi connectivity index (χ0) is 15.2. The van der Waals surface area contributed by atoms with Gasteiger partial charge in [0.15, 0.2) is 11.5 Å². The highest BCUT2D eigenvalue weighted by Gasteiger charge is 2.12. The van der Waals surface area contributed by atoms with Gasteiger partial charge in [0.1, 0.15) is 12.4 Å². The zero-order valence-electron chi connectivity index (χ0n) is 11.8. The molecule has 21 heavy (non-hydrogen) atoms. The summed E-state index contributed by atoms with van der Waals surface area (Å²) in [7, 11) is 1.58. The van der Waals surface area contributed by atoms with Crippen LogP contribution >= 0.6 is 0 Å². The van der Waals surface area contributed by atoms with E-state index in [9.17, 15) is 0 Å². The van der Waals surface area contributed by atoms with Gasteiger partial charge in [-0.25, -0.2) is 0 Å². The molecule has 1 aromatic heterocycles. The van der Waals surface area contributed by atoms with Crippen LogP contribution in [0.25, 0.3) is 0 Å². The van der Waals surface area contributed by atoms with Gasteiger partial charge in [0.25, 0.3) is 0 Å². The molecular formula is C14H16BNO5. The topological polar surface area (TPSA) is 81.0 Å². The number of methoxy groups -OCH3 is 2. The Morgan fingerprint density at radius 1 is 1.05 bits per heavy atom. The van der Waals surface area contributed by atoms with Crippen LogP contribution in [0, 0.1) is 0 Å². The van der Waals surface area contributed by atoms with Gasteiger partial charge >= 0.3 is 7.12 Å². The molecule has 0 radical (unpaired) electrons. The molecule has 0 unspecified atom stereocenters. The Hall–Kier alpha value is -2.25. The number of hydrogen-bond donors (Lipinski definition) is 2. The predicted octanol–water partition coefficient (Wildman–Crippen LogP) is 0.358. The van der Waals surface area contributed by atoms with Crippen LogP contribution in [0.4, 0.5) is 0 Å². The maximum atomic E-state index is 9.09. The number of pyridine rings is 1. The first-order valence-electron chi connectivity index (χ1n) is 6.29. The van der Waals surface area contributed by atoms with Crippen molar-refractivity contribution in [3.8, 4) is 17.2 Å². The summed E-state index contributed by atoms with van der Waals surface area (Å²) in [5.41, 5.74) is 1.17. The third kappa shape index (κ3) is 3.87. The molecule has 0 saturated carbocycles. The Morgan fingerprint density at radius 3 is 2.48 bits per heavy atom. The fourth-order valence-electron chi connectivity index (χ4n) is 1.79. The van der Waals surface area contributed by atoms with Crippen LogP contribution in [0.2, 0.25) is 0 Å². The molecule has 0 spiro atoms. The van der Waals surface area contributed by atoms with Gasteiger partial charge in [0, 0.05) is 11.7 Å². The number of nitrogens with zero attached hydrogens (tertiary/aromatic N) is 1. The molecule has 0 aliphatic rings. The first-order valence-corrected chi connectivity index (χ1v) is 6.29. The van der Waals surface area contributed by atoms with Crippen LogP contribution < -0.4 is 19.7 Å². The quantitative estimate of drug-likeness (QED) is 0.747. The van der Waals surface area contributed by atoms with Crippen LogP contribution in [-0.2, 0) is 6.61 Å². The number of benzene rings is 1. The van der Waals surface area contributed by atoms with E-state index < -0.39 is 7.12 Å². The van der Waals surface area contributed by atoms with E-state index in [1.807, 2.05) is 12.1 Å². The van der Waals surface area contributed by atoms with Crippen molar-refractivity contribution >= 4 is 12.6 Å². The van der Waals surface area contributed by atoms with E-state index in [0.29, 0.717) is 23.9 Å². The van der Waals surface area contributed by atoms with Crippen molar-refractivity contribution in [3.05, 3.63) is 42.2 Å². The van der Waals surface area contributed by atoms with Gasteiger partial charge in [-0.15, -0.1) is 0 Å². The second kappa shape index (κ2) is 6.96. The van der Waals surface area contributed by atoms with Crippen LogP contribution in [0.15, 0.2) is 36.7 Å². The van der Waals surface area contributed by atoms with Crippen molar-refractivity contribution < 1.29 is 24.3 Å². The Kier molecular flexibility index (Phi) is 5.02. The molecule has 7 heteroatoms. The molecule has 2 aromatic rings. The third-order valence-electron chi connectivity index (χ3n) is 2.89. The minimum atomic E-state index is -1.57. The highest BCUT2D eigenvalue weighted by molar-refractivity contribution is 6.58. The van der Waals surface area contributed by atoms with Gasteiger partial charge < -0.3 is 24.3 Å². The normalized spacial score (nSPS) is 10.1. The smallest absolute Gasteiger partial charge is 0.490 e. The summed E-state index contributed by atoms with van der Waals surface area (Å²) >= 11 is 0. The predicted molar refractivity (Wildman–Crippen MR) is 77.9 cm³/mol. The van der Waals surface area contributed by atoms with E-state index >= 15 is 0 Å². The molecule has 0 fully saturated rings. The molecular weight excluding hydrogens is 273 g/mol. The lowest BCUT2D eigenvalue weighted by Crippen LogP contribution is -2.30. The molecule has 1 heterocycles. The molecule has 0 atom stereocenters. The molecule has 6 nitrogen and oxygen atoms in total. The largest absolute Gasteiger partial charge is 0.493 e. The Morgan fingerprint density at radius 2 is 1.81 bits per heavy atom. The third-order valence-corrected chi connectivity index (χ3v) is 2.89. The van der Waals surface area contributed by atoms with Crippen LogP contribution in [0.1, 0.15) is 5.56 Å². The van der Waals surface area contributed by atoms with Gasteiger partial charge in [-0.1, -0.05) is 6.07 Å². The van der Waals surface area contributed by atoms with Gasteiger partial charge in [0.05, 0.1) is 20.4 Å². The molecule has 2 rings (SSSR count). The lowest BCUT2D eigenvalue weighted by molar-refractivity contribution is 0.302. The second-order valence-corrected chi connectivity index (χ2v) is 4.31. The van der Waals surface area contributed by atoms with Crippen molar-refractivity contribution in [2.45, 2.75) is 6.61 Å². The molecule has 0 saturated heterocycles. The minimum absolute atomic E-state index is 0.278.